The fraction of sp³-hybridized carbons (Fsp3) is 0.571. The normalized spacial score (nSPS) is 13.6. The summed E-state index contributed by atoms with van der Waals surface area (Å²) in [5.74, 6) is -0.0621. The Labute approximate surface area is 121 Å². The third-order valence-corrected chi connectivity index (χ3v) is 3.16. The van der Waals surface area contributed by atoms with Crippen molar-refractivity contribution in [3.8, 4) is 0 Å². The first kappa shape index (κ1) is 17.9. The quantitative estimate of drug-likeness (QED) is 0.902. The molecule has 0 bridgehead atoms. The van der Waals surface area contributed by atoms with Gasteiger partial charge in [-0.3, -0.25) is 9.78 Å². The molecular formula is C14H24ClN3O. The summed E-state index contributed by atoms with van der Waals surface area (Å²) in [7, 11) is 0. The standard InChI is InChI=1S/C14H23N3O.ClH/c1-10(2)17(14(18)11(3)12(4)15)9-13-6-5-7-16-8-13;/h5-8,10-12H,9,15H2,1-4H3;1H. The first-order valence-corrected chi connectivity index (χ1v) is 6.38. The number of carbonyl (C=O) groups excluding carboxylic acids is 1. The number of amides is 1. The number of carbonyl (C=O) groups is 1. The lowest BCUT2D eigenvalue weighted by molar-refractivity contribution is -0.137. The molecule has 0 aromatic carbocycles. The first-order valence-electron chi connectivity index (χ1n) is 6.38. The Morgan fingerprint density at radius 2 is 2.00 bits per heavy atom. The van der Waals surface area contributed by atoms with E-state index in [4.69, 9.17) is 5.73 Å². The summed E-state index contributed by atoms with van der Waals surface area (Å²) >= 11 is 0. The Hall–Kier alpha value is -1.13. The lowest BCUT2D eigenvalue weighted by Crippen LogP contribution is -2.44. The molecule has 5 heteroatoms. The summed E-state index contributed by atoms with van der Waals surface area (Å²) < 4.78 is 0. The SMILES string of the molecule is CC(N)C(C)C(=O)N(Cc1cccnc1)C(C)C.Cl. The van der Waals surface area contributed by atoms with E-state index < -0.39 is 0 Å². The smallest absolute Gasteiger partial charge is 0.227 e. The molecule has 0 spiro atoms. The molecule has 4 nitrogen and oxygen atoms in total. The van der Waals surface area contributed by atoms with Gasteiger partial charge in [-0.1, -0.05) is 13.0 Å². The Morgan fingerprint density at radius 3 is 2.42 bits per heavy atom. The lowest BCUT2D eigenvalue weighted by Gasteiger charge is -2.30. The molecule has 1 amide bonds. The Balaban J connectivity index is 0.00000324. The van der Waals surface area contributed by atoms with Gasteiger partial charge in [0.25, 0.3) is 0 Å². The number of hydrogen-bond acceptors (Lipinski definition) is 3. The predicted molar refractivity (Wildman–Crippen MR) is 80.0 cm³/mol. The van der Waals surface area contributed by atoms with E-state index in [1.165, 1.54) is 0 Å². The van der Waals surface area contributed by atoms with Gasteiger partial charge in [-0.25, -0.2) is 0 Å². The minimum absolute atomic E-state index is 0. The number of halogens is 1. The minimum atomic E-state index is -0.163. The van der Waals surface area contributed by atoms with Crippen molar-refractivity contribution in [2.45, 2.75) is 46.3 Å². The van der Waals surface area contributed by atoms with Crippen molar-refractivity contribution in [2.24, 2.45) is 11.7 Å². The zero-order valence-electron chi connectivity index (χ0n) is 12.0. The van der Waals surface area contributed by atoms with E-state index in [1.54, 1.807) is 12.4 Å². The summed E-state index contributed by atoms with van der Waals surface area (Å²) in [6.45, 7) is 8.36. The van der Waals surface area contributed by atoms with E-state index in [9.17, 15) is 4.79 Å². The predicted octanol–water partition coefficient (Wildman–Crippen LogP) is 2.22. The minimum Gasteiger partial charge on any atom is -0.336 e. The van der Waals surface area contributed by atoms with Gasteiger partial charge >= 0.3 is 0 Å². The van der Waals surface area contributed by atoms with Crippen LogP contribution in [0.1, 0.15) is 33.3 Å². The second-order valence-corrected chi connectivity index (χ2v) is 5.07. The molecule has 1 aromatic rings. The molecule has 2 atom stereocenters. The average molecular weight is 286 g/mol. The van der Waals surface area contributed by atoms with E-state index in [-0.39, 0.29) is 36.3 Å². The van der Waals surface area contributed by atoms with E-state index >= 15 is 0 Å². The van der Waals surface area contributed by atoms with Crippen molar-refractivity contribution >= 4 is 18.3 Å². The maximum atomic E-state index is 12.4. The monoisotopic (exact) mass is 285 g/mol. The summed E-state index contributed by atoms with van der Waals surface area (Å²) in [4.78, 5) is 18.3. The Kier molecular flexibility index (Phi) is 7.64. The molecule has 1 rings (SSSR count). The van der Waals surface area contributed by atoms with Gasteiger partial charge < -0.3 is 10.6 Å². The topological polar surface area (TPSA) is 59.2 Å². The Morgan fingerprint density at radius 1 is 1.37 bits per heavy atom. The van der Waals surface area contributed by atoms with Crippen molar-refractivity contribution in [1.29, 1.82) is 0 Å². The molecule has 0 aliphatic carbocycles. The average Bonchev–Trinajstić information content (AvgIpc) is 2.35. The highest BCUT2D eigenvalue weighted by Crippen LogP contribution is 2.13. The van der Waals surface area contributed by atoms with Crippen LogP contribution in [0.4, 0.5) is 0 Å². The van der Waals surface area contributed by atoms with Crippen molar-refractivity contribution < 1.29 is 4.79 Å². The third kappa shape index (κ3) is 5.17. The highest BCUT2D eigenvalue weighted by atomic mass is 35.5. The van der Waals surface area contributed by atoms with Crippen molar-refractivity contribution in [3.63, 3.8) is 0 Å². The van der Waals surface area contributed by atoms with Gasteiger partial charge in [0.15, 0.2) is 0 Å². The van der Waals surface area contributed by atoms with Gasteiger partial charge in [0, 0.05) is 31.0 Å². The van der Waals surface area contributed by atoms with Gasteiger partial charge in [0.2, 0.25) is 5.91 Å². The van der Waals surface area contributed by atoms with Crippen LogP contribution in [0, 0.1) is 5.92 Å². The highest BCUT2D eigenvalue weighted by molar-refractivity contribution is 5.85. The number of rotatable bonds is 5. The maximum absolute atomic E-state index is 12.4. The summed E-state index contributed by atoms with van der Waals surface area (Å²) in [6, 6.07) is 3.88. The van der Waals surface area contributed by atoms with Gasteiger partial charge in [-0.2, -0.15) is 0 Å². The second-order valence-electron chi connectivity index (χ2n) is 5.07. The molecule has 1 heterocycles. The number of nitrogens with zero attached hydrogens (tertiary/aromatic N) is 2. The lowest BCUT2D eigenvalue weighted by atomic mass is 10.0. The zero-order valence-corrected chi connectivity index (χ0v) is 12.9. The van der Waals surface area contributed by atoms with E-state index in [2.05, 4.69) is 4.98 Å². The second kappa shape index (κ2) is 8.12. The third-order valence-electron chi connectivity index (χ3n) is 3.16. The maximum Gasteiger partial charge on any atom is 0.227 e. The molecule has 19 heavy (non-hydrogen) atoms. The molecule has 0 aliphatic rings. The van der Waals surface area contributed by atoms with Crippen molar-refractivity contribution in [3.05, 3.63) is 30.1 Å². The van der Waals surface area contributed by atoms with Crippen LogP contribution in [0.15, 0.2) is 24.5 Å². The van der Waals surface area contributed by atoms with Crippen molar-refractivity contribution in [1.82, 2.24) is 9.88 Å². The molecule has 108 valence electrons. The van der Waals surface area contributed by atoms with Crippen LogP contribution in [0.5, 0.6) is 0 Å². The molecule has 1 aromatic heterocycles. The van der Waals surface area contributed by atoms with E-state index in [0.717, 1.165) is 5.56 Å². The Bertz CT molecular complexity index is 382. The zero-order chi connectivity index (χ0) is 13.7. The van der Waals surface area contributed by atoms with Crippen molar-refractivity contribution in [2.75, 3.05) is 0 Å². The fourth-order valence-electron chi connectivity index (χ4n) is 1.69. The molecular weight excluding hydrogens is 262 g/mol. The first-order chi connectivity index (χ1) is 8.43. The molecule has 0 fully saturated rings. The van der Waals surface area contributed by atoms with E-state index in [1.807, 2.05) is 44.7 Å². The van der Waals surface area contributed by atoms with Crippen LogP contribution in [0.25, 0.3) is 0 Å². The largest absolute Gasteiger partial charge is 0.336 e. The molecule has 0 saturated heterocycles. The van der Waals surface area contributed by atoms with Crippen LogP contribution < -0.4 is 5.73 Å². The summed E-state index contributed by atoms with van der Waals surface area (Å²) in [6.07, 6.45) is 3.52. The summed E-state index contributed by atoms with van der Waals surface area (Å²) in [5.41, 5.74) is 6.85. The van der Waals surface area contributed by atoms with Gasteiger partial charge in [-0.15, -0.1) is 12.4 Å². The van der Waals surface area contributed by atoms with Gasteiger partial charge in [0.1, 0.15) is 0 Å². The summed E-state index contributed by atoms with van der Waals surface area (Å²) in [5, 5.41) is 0. The molecule has 0 aliphatic heterocycles. The molecule has 0 saturated carbocycles. The number of aromatic nitrogens is 1. The highest BCUT2D eigenvalue weighted by Gasteiger charge is 2.25. The van der Waals surface area contributed by atoms with Crippen LogP contribution in [0.3, 0.4) is 0 Å². The fourth-order valence-corrected chi connectivity index (χ4v) is 1.69. The van der Waals surface area contributed by atoms with E-state index in [0.29, 0.717) is 6.54 Å². The number of nitrogens with two attached hydrogens (primary N) is 1. The van der Waals surface area contributed by atoms with Gasteiger partial charge in [-0.05, 0) is 32.4 Å². The van der Waals surface area contributed by atoms with Crippen LogP contribution in [0.2, 0.25) is 0 Å². The molecule has 0 radical (unpaired) electrons. The van der Waals surface area contributed by atoms with Crippen LogP contribution >= 0.6 is 12.4 Å². The number of hydrogen-bond donors (Lipinski definition) is 1. The number of pyridine rings is 1. The van der Waals surface area contributed by atoms with Crippen LogP contribution in [-0.2, 0) is 11.3 Å². The van der Waals surface area contributed by atoms with Crippen LogP contribution in [-0.4, -0.2) is 27.9 Å². The molecule has 2 N–H and O–H groups in total. The molecule has 2 unspecified atom stereocenters. The van der Waals surface area contributed by atoms with Gasteiger partial charge in [0.05, 0.1) is 5.92 Å².